The third-order valence-corrected chi connectivity index (χ3v) is 5.97. The van der Waals surface area contributed by atoms with Gasteiger partial charge < -0.3 is 10.6 Å². The first-order valence-electron chi connectivity index (χ1n) is 8.64. The van der Waals surface area contributed by atoms with Crippen LogP contribution in [0.15, 0.2) is 58.9 Å². The summed E-state index contributed by atoms with van der Waals surface area (Å²) in [5, 5.41) is 13.7. The van der Waals surface area contributed by atoms with E-state index < -0.39 is 22.9 Å². The highest BCUT2D eigenvalue weighted by Crippen LogP contribution is 2.39. The third kappa shape index (κ3) is 5.70. The average molecular weight is 439 g/mol. The van der Waals surface area contributed by atoms with Crippen LogP contribution < -0.4 is 10.6 Å². The molecule has 0 aliphatic carbocycles. The van der Waals surface area contributed by atoms with Crippen molar-refractivity contribution in [2.24, 2.45) is 0 Å². The van der Waals surface area contributed by atoms with Gasteiger partial charge in [-0.15, -0.1) is 10.2 Å². The summed E-state index contributed by atoms with van der Waals surface area (Å²) < 4.78 is 39.4. The van der Waals surface area contributed by atoms with Crippen LogP contribution in [0.25, 0.3) is 0 Å². The molecule has 0 aliphatic rings. The molecule has 0 aliphatic heterocycles. The van der Waals surface area contributed by atoms with E-state index in [9.17, 15) is 18.0 Å². The Labute approximate surface area is 173 Å². The molecule has 29 heavy (non-hydrogen) atoms. The highest BCUT2D eigenvalue weighted by molar-refractivity contribution is 8.02. The van der Waals surface area contributed by atoms with Crippen LogP contribution in [-0.2, 0) is 11.0 Å². The Hall–Kier alpha value is -2.59. The lowest BCUT2D eigenvalue weighted by Gasteiger charge is -2.16. The number of benzene rings is 2. The summed E-state index contributed by atoms with van der Waals surface area (Å²) in [5.74, 6) is -0.444. The number of aromatic nitrogens is 2. The first-order valence-corrected chi connectivity index (χ1v) is 10.3. The van der Waals surface area contributed by atoms with Crippen LogP contribution in [0.2, 0.25) is 0 Å². The van der Waals surface area contributed by atoms with E-state index in [1.807, 2.05) is 13.0 Å². The zero-order valence-electron chi connectivity index (χ0n) is 15.2. The van der Waals surface area contributed by atoms with Gasteiger partial charge in [-0.05, 0) is 30.7 Å². The van der Waals surface area contributed by atoms with E-state index in [0.717, 1.165) is 12.1 Å². The Morgan fingerprint density at radius 1 is 1.14 bits per heavy atom. The molecular weight excluding hydrogens is 421 g/mol. The number of nitrogens with one attached hydrogen (secondary N) is 2. The van der Waals surface area contributed by atoms with Crippen molar-refractivity contribution in [3.63, 3.8) is 0 Å². The topological polar surface area (TPSA) is 66.9 Å². The molecule has 2 aromatic carbocycles. The molecule has 10 heteroatoms. The molecule has 0 spiro atoms. The molecule has 1 atom stereocenters. The quantitative estimate of drug-likeness (QED) is 0.480. The van der Waals surface area contributed by atoms with Crippen LogP contribution >= 0.6 is 23.1 Å². The summed E-state index contributed by atoms with van der Waals surface area (Å²) in [6.45, 7) is 2.63. The fraction of sp³-hybridized carbons (Fsp3) is 0.211. The number of hydrogen-bond acceptors (Lipinski definition) is 6. The van der Waals surface area contributed by atoms with Crippen molar-refractivity contribution in [1.82, 2.24) is 10.2 Å². The van der Waals surface area contributed by atoms with Gasteiger partial charge >= 0.3 is 6.18 Å². The van der Waals surface area contributed by atoms with Crippen molar-refractivity contribution < 1.29 is 18.0 Å². The van der Waals surface area contributed by atoms with Gasteiger partial charge in [0, 0.05) is 12.2 Å². The number of hydrogen-bond donors (Lipinski definition) is 2. The van der Waals surface area contributed by atoms with Gasteiger partial charge in [-0.1, -0.05) is 59.5 Å². The zero-order chi connectivity index (χ0) is 20.9. The molecular formula is C19H17F3N4OS2. The van der Waals surface area contributed by atoms with E-state index in [2.05, 4.69) is 20.8 Å². The minimum Gasteiger partial charge on any atom is -0.360 e. The number of rotatable bonds is 7. The lowest BCUT2D eigenvalue weighted by Crippen LogP contribution is -2.19. The number of carbonyl (C=O) groups is 1. The highest BCUT2D eigenvalue weighted by atomic mass is 32.2. The van der Waals surface area contributed by atoms with E-state index in [4.69, 9.17) is 0 Å². The van der Waals surface area contributed by atoms with Crippen LogP contribution in [0, 0.1) is 0 Å². The fourth-order valence-corrected chi connectivity index (χ4v) is 4.47. The summed E-state index contributed by atoms with van der Waals surface area (Å²) >= 11 is 2.51. The minimum atomic E-state index is -4.48. The molecule has 0 radical (unpaired) electrons. The number of carbonyl (C=O) groups excluding carboxylic acids is 1. The molecule has 0 saturated heterocycles. The van der Waals surface area contributed by atoms with E-state index in [-0.39, 0.29) is 5.69 Å². The molecule has 3 rings (SSSR count). The van der Waals surface area contributed by atoms with Gasteiger partial charge in [-0.25, -0.2) is 0 Å². The summed E-state index contributed by atoms with van der Waals surface area (Å²) in [6.07, 6.45) is -4.48. The van der Waals surface area contributed by atoms with Crippen LogP contribution in [0.4, 0.5) is 24.0 Å². The number of nitrogens with zero attached hydrogens (tertiary/aromatic N) is 2. The van der Waals surface area contributed by atoms with Crippen molar-refractivity contribution in [3.8, 4) is 0 Å². The number of amides is 1. The van der Waals surface area contributed by atoms with Crippen LogP contribution in [0.5, 0.6) is 0 Å². The second kappa shape index (κ2) is 9.27. The molecule has 1 aromatic heterocycles. The second-order valence-corrected chi connectivity index (χ2v) is 8.21. The maximum Gasteiger partial charge on any atom is 0.416 e. The Balaban J connectivity index is 1.83. The smallest absolute Gasteiger partial charge is 0.360 e. The average Bonchev–Trinajstić information content (AvgIpc) is 3.14. The molecule has 5 nitrogen and oxygen atoms in total. The van der Waals surface area contributed by atoms with Gasteiger partial charge in [0.2, 0.25) is 11.0 Å². The third-order valence-electron chi connectivity index (χ3n) is 3.75. The largest absolute Gasteiger partial charge is 0.416 e. The fourth-order valence-electron chi connectivity index (χ4n) is 2.46. The monoisotopic (exact) mass is 438 g/mol. The SMILES string of the molecule is CCNc1nnc(SC(C(=O)Nc2cccc(C(F)(F)F)c2)c2ccccc2)s1. The molecule has 152 valence electrons. The molecule has 0 saturated carbocycles. The number of thioether (sulfide) groups is 1. The molecule has 2 N–H and O–H groups in total. The van der Waals surface area contributed by atoms with Crippen LogP contribution in [-0.4, -0.2) is 22.6 Å². The minimum absolute atomic E-state index is 0.0805. The lowest BCUT2D eigenvalue weighted by molar-refractivity contribution is -0.137. The van der Waals surface area contributed by atoms with E-state index >= 15 is 0 Å². The summed E-state index contributed by atoms with van der Waals surface area (Å²) in [7, 11) is 0. The molecule has 1 unspecified atom stereocenters. The Bertz CT molecular complexity index is 963. The maximum absolute atomic E-state index is 12.9. The van der Waals surface area contributed by atoms with Crippen LogP contribution in [0.3, 0.4) is 0 Å². The molecule has 3 aromatic rings. The highest BCUT2D eigenvalue weighted by Gasteiger charge is 2.31. The van der Waals surface area contributed by atoms with Gasteiger partial charge in [0.05, 0.1) is 5.56 Å². The van der Waals surface area contributed by atoms with Gasteiger partial charge in [0.15, 0.2) is 4.34 Å². The predicted octanol–water partition coefficient (Wildman–Crippen LogP) is 5.46. The first-order chi connectivity index (χ1) is 13.9. The first kappa shape index (κ1) is 21.1. The Morgan fingerprint density at radius 2 is 1.90 bits per heavy atom. The predicted molar refractivity (Wildman–Crippen MR) is 109 cm³/mol. The van der Waals surface area contributed by atoms with Gasteiger partial charge in [0.1, 0.15) is 5.25 Å². The molecule has 0 fully saturated rings. The molecule has 1 amide bonds. The second-order valence-electron chi connectivity index (χ2n) is 5.88. The van der Waals surface area contributed by atoms with E-state index in [1.165, 1.54) is 35.2 Å². The van der Waals surface area contributed by atoms with Crippen molar-refractivity contribution in [3.05, 3.63) is 65.7 Å². The Kier molecular flexibility index (Phi) is 6.75. The van der Waals surface area contributed by atoms with Crippen molar-refractivity contribution in [1.29, 1.82) is 0 Å². The zero-order valence-corrected chi connectivity index (χ0v) is 16.9. The number of anilines is 2. The number of halogens is 3. The summed E-state index contributed by atoms with van der Waals surface area (Å²) in [5.41, 5.74) is -0.0299. The van der Waals surface area contributed by atoms with Gasteiger partial charge in [-0.2, -0.15) is 13.2 Å². The van der Waals surface area contributed by atoms with Gasteiger partial charge in [0.25, 0.3) is 0 Å². The summed E-state index contributed by atoms with van der Waals surface area (Å²) in [4.78, 5) is 12.9. The van der Waals surface area contributed by atoms with E-state index in [1.54, 1.807) is 24.3 Å². The van der Waals surface area contributed by atoms with Crippen molar-refractivity contribution in [2.45, 2.75) is 22.7 Å². The Morgan fingerprint density at radius 3 is 2.59 bits per heavy atom. The van der Waals surface area contributed by atoms with Gasteiger partial charge in [-0.3, -0.25) is 4.79 Å². The molecule has 0 bridgehead atoms. The summed E-state index contributed by atoms with van der Waals surface area (Å²) in [6, 6.07) is 13.6. The van der Waals surface area contributed by atoms with Crippen molar-refractivity contribution >= 4 is 39.8 Å². The lowest BCUT2D eigenvalue weighted by atomic mass is 10.1. The maximum atomic E-state index is 12.9. The normalized spacial score (nSPS) is 12.4. The molecule has 1 heterocycles. The standard InChI is InChI=1S/C19H17F3N4OS2/c1-2-23-17-25-26-18(29-17)28-15(12-7-4-3-5-8-12)16(27)24-14-10-6-9-13(11-14)19(20,21)22/h3-11,15H,2H2,1H3,(H,23,25)(H,24,27). The van der Waals surface area contributed by atoms with E-state index in [0.29, 0.717) is 21.6 Å². The number of alkyl halides is 3. The van der Waals surface area contributed by atoms with Crippen molar-refractivity contribution in [2.75, 3.05) is 17.2 Å². The van der Waals surface area contributed by atoms with Crippen LogP contribution in [0.1, 0.15) is 23.3 Å².